The molecule has 0 radical (unpaired) electrons. The molecule has 0 N–H and O–H groups in total. The maximum absolute atomic E-state index is 12.9. The number of hydrogen-bond acceptors (Lipinski definition) is 4. The highest BCUT2D eigenvalue weighted by atomic mass is 16.6. The molecule has 0 aliphatic carbocycles. The second-order valence-corrected chi connectivity index (χ2v) is 8.58. The van der Waals surface area contributed by atoms with Crippen LogP contribution in [0.5, 0.6) is 5.75 Å². The molecule has 2 bridgehead atoms. The first-order valence-corrected chi connectivity index (χ1v) is 10.0. The van der Waals surface area contributed by atoms with Crippen LogP contribution in [0.15, 0.2) is 35.9 Å². The summed E-state index contributed by atoms with van der Waals surface area (Å²) in [6.07, 6.45) is 6.83. The van der Waals surface area contributed by atoms with E-state index < -0.39 is 5.60 Å². The van der Waals surface area contributed by atoms with E-state index in [0.29, 0.717) is 5.56 Å². The highest BCUT2D eigenvalue weighted by Gasteiger charge is 2.54. The first kappa shape index (κ1) is 19.9. The molecule has 0 aromatic heterocycles. The summed E-state index contributed by atoms with van der Waals surface area (Å²) < 4.78 is 18.0. The van der Waals surface area contributed by atoms with Crippen LogP contribution in [0.3, 0.4) is 0 Å². The van der Waals surface area contributed by atoms with E-state index >= 15 is 0 Å². The van der Waals surface area contributed by atoms with Crippen molar-refractivity contribution in [2.45, 2.75) is 77.1 Å². The summed E-state index contributed by atoms with van der Waals surface area (Å²) in [5, 5.41) is 0. The van der Waals surface area contributed by atoms with Gasteiger partial charge in [0.05, 0.1) is 18.3 Å². The van der Waals surface area contributed by atoms with E-state index in [2.05, 4.69) is 33.8 Å². The number of esters is 1. The Bertz CT molecular complexity index is 706. The zero-order valence-corrected chi connectivity index (χ0v) is 17.2. The van der Waals surface area contributed by atoms with Gasteiger partial charge in [-0.15, -0.1) is 0 Å². The molecule has 4 nitrogen and oxygen atoms in total. The normalized spacial score (nSPS) is 30.9. The summed E-state index contributed by atoms with van der Waals surface area (Å²) in [7, 11) is 1.61. The zero-order valence-electron chi connectivity index (χ0n) is 17.2. The molecule has 3 atom stereocenters. The van der Waals surface area contributed by atoms with Crippen LogP contribution >= 0.6 is 0 Å². The molecule has 4 heteroatoms. The van der Waals surface area contributed by atoms with Gasteiger partial charge in [-0.3, -0.25) is 0 Å². The van der Waals surface area contributed by atoms with Crippen molar-refractivity contribution in [3.8, 4) is 5.75 Å². The Morgan fingerprint density at radius 3 is 2.52 bits per heavy atom. The van der Waals surface area contributed by atoms with Crippen LogP contribution < -0.4 is 4.74 Å². The maximum atomic E-state index is 12.9. The van der Waals surface area contributed by atoms with Crippen LogP contribution in [0.4, 0.5) is 0 Å². The van der Waals surface area contributed by atoms with E-state index in [-0.39, 0.29) is 23.6 Å². The molecule has 2 aliphatic heterocycles. The Morgan fingerprint density at radius 2 is 1.89 bits per heavy atom. The summed E-state index contributed by atoms with van der Waals surface area (Å²) in [5.74, 6) is 0.650. The number of methoxy groups -OCH3 is 1. The highest BCUT2D eigenvalue weighted by molar-refractivity contribution is 5.89. The molecule has 2 aliphatic rings. The van der Waals surface area contributed by atoms with E-state index in [1.807, 2.05) is 0 Å². The van der Waals surface area contributed by atoms with Crippen LogP contribution in [0.2, 0.25) is 0 Å². The van der Waals surface area contributed by atoms with Gasteiger partial charge >= 0.3 is 5.97 Å². The molecular weight excluding hydrogens is 340 g/mol. The number of carbonyl (C=O) groups excluding carboxylic acids is 1. The Balaban J connectivity index is 1.91. The average Bonchev–Trinajstić information content (AvgIpc) is 3.01. The van der Waals surface area contributed by atoms with Crippen LogP contribution in [0, 0.1) is 5.92 Å². The lowest BCUT2D eigenvalue weighted by Gasteiger charge is -2.40. The number of allylic oxidation sites excluding steroid dienone is 1. The number of ether oxygens (including phenoxy) is 3. The number of rotatable bonds is 4. The van der Waals surface area contributed by atoms with Crippen molar-refractivity contribution in [3.63, 3.8) is 0 Å². The monoisotopic (exact) mass is 372 g/mol. The molecule has 148 valence electrons. The summed E-state index contributed by atoms with van der Waals surface area (Å²) >= 11 is 0. The topological polar surface area (TPSA) is 44.8 Å². The van der Waals surface area contributed by atoms with Crippen LogP contribution in [-0.4, -0.2) is 30.4 Å². The third kappa shape index (κ3) is 4.06. The minimum absolute atomic E-state index is 0.131. The first-order valence-electron chi connectivity index (χ1n) is 10.0. The van der Waals surface area contributed by atoms with Gasteiger partial charge in [-0.2, -0.15) is 0 Å². The fourth-order valence-electron chi connectivity index (χ4n) is 4.40. The second kappa shape index (κ2) is 7.67. The third-order valence-electron chi connectivity index (χ3n) is 6.21. The highest BCUT2D eigenvalue weighted by Crippen LogP contribution is 2.48. The van der Waals surface area contributed by atoms with Gasteiger partial charge in [0.25, 0.3) is 0 Å². The van der Waals surface area contributed by atoms with Crippen molar-refractivity contribution in [1.82, 2.24) is 0 Å². The van der Waals surface area contributed by atoms with Gasteiger partial charge in [0.15, 0.2) is 0 Å². The molecular formula is C23H32O4. The molecule has 0 amide bonds. The lowest BCUT2D eigenvalue weighted by Crippen LogP contribution is -2.49. The van der Waals surface area contributed by atoms with E-state index in [1.165, 1.54) is 5.57 Å². The van der Waals surface area contributed by atoms with E-state index in [9.17, 15) is 4.79 Å². The molecule has 2 heterocycles. The van der Waals surface area contributed by atoms with E-state index in [4.69, 9.17) is 14.2 Å². The summed E-state index contributed by atoms with van der Waals surface area (Å²) in [5.41, 5.74) is 1.19. The third-order valence-corrected chi connectivity index (χ3v) is 6.21. The SMILES string of the molecule is COc1ccc(C(=O)OC2C=C(C)CCCC3(C)CCC2(C(C)C)O3)cc1. The molecule has 3 unspecified atom stereocenters. The lowest BCUT2D eigenvalue weighted by atomic mass is 9.80. The molecule has 1 saturated heterocycles. The summed E-state index contributed by atoms with van der Waals surface area (Å²) in [4.78, 5) is 12.9. The van der Waals surface area contributed by atoms with Gasteiger partial charge in [0.1, 0.15) is 17.5 Å². The minimum atomic E-state index is -0.470. The largest absolute Gasteiger partial charge is 0.497 e. The standard InChI is InChI=1S/C23H32O4/c1-16(2)23-14-13-22(4,27-23)12-6-7-17(3)15-20(23)26-21(24)18-8-10-19(25-5)11-9-18/h8-11,15-16,20H,6-7,12-14H2,1-5H3. The Morgan fingerprint density at radius 1 is 1.19 bits per heavy atom. The predicted octanol–water partition coefficient (Wildman–Crippen LogP) is 5.31. The molecule has 1 aromatic carbocycles. The zero-order chi connectivity index (χ0) is 19.7. The van der Waals surface area contributed by atoms with Crippen molar-refractivity contribution < 1.29 is 19.0 Å². The van der Waals surface area contributed by atoms with Gasteiger partial charge in [0.2, 0.25) is 0 Å². The summed E-state index contributed by atoms with van der Waals surface area (Å²) in [6, 6.07) is 7.05. The number of carbonyl (C=O) groups is 1. The van der Waals surface area contributed by atoms with Crippen molar-refractivity contribution in [3.05, 3.63) is 41.5 Å². The first-order chi connectivity index (χ1) is 12.8. The van der Waals surface area contributed by atoms with Crippen LogP contribution in [0.1, 0.15) is 70.2 Å². The molecule has 0 spiro atoms. The Kier molecular flexibility index (Phi) is 5.66. The molecule has 0 saturated carbocycles. The second-order valence-electron chi connectivity index (χ2n) is 8.58. The molecule has 3 rings (SSSR count). The van der Waals surface area contributed by atoms with Gasteiger partial charge in [-0.1, -0.05) is 19.4 Å². The maximum Gasteiger partial charge on any atom is 0.338 e. The fraction of sp³-hybridized carbons (Fsp3) is 0.609. The average molecular weight is 373 g/mol. The number of fused-ring (bicyclic) bond motifs is 2. The molecule has 1 fully saturated rings. The molecule has 1 aromatic rings. The molecule has 27 heavy (non-hydrogen) atoms. The van der Waals surface area contributed by atoms with Gasteiger partial charge in [0, 0.05) is 0 Å². The quantitative estimate of drug-likeness (QED) is 0.530. The smallest absolute Gasteiger partial charge is 0.338 e. The predicted molar refractivity (Wildman–Crippen MR) is 106 cm³/mol. The van der Waals surface area contributed by atoms with Crippen molar-refractivity contribution in [2.24, 2.45) is 5.92 Å². The van der Waals surface area contributed by atoms with Gasteiger partial charge in [-0.05, 0) is 82.2 Å². The number of hydrogen-bond donors (Lipinski definition) is 0. The van der Waals surface area contributed by atoms with Crippen molar-refractivity contribution >= 4 is 5.97 Å². The van der Waals surface area contributed by atoms with E-state index in [0.717, 1.165) is 37.9 Å². The van der Waals surface area contributed by atoms with Gasteiger partial charge < -0.3 is 14.2 Å². The lowest BCUT2D eigenvalue weighted by molar-refractivity contribution is -0.163. The Hall–Kier alpha value is -1.81. The van der Waals surface area contributed by atoms with E-state index in [1.54, 1.807) is 31.4 Å². The van der Waals surface area contributed by atoms with Crippen molar-refractivity contribution in [2.75, 3.05) is 7.11 Å². The van der Waals surface area contributed by atoms with Gasteiger partial charge in [-0.25, -0.2) is 4.79 Å². The number of benzene rings is 1. The summed E-state index contributed by atoms with van der Waals surface area (Å²) in [6.45, 7) is 8.67. The van der Waals surface area contributed by atoms with Crippen LogP contribution in [0.25, 0.3) is 0 Å². The minimum Gasteiger partial charge on any atom is -0.497 e. The Labute approximate surface area is 162 Å². The van der Waals surface area contributed by atoms with Crippen LogP contribution in [-0.2, 0) is 9.47 Å². The van der Waals surface area contributed by atoms with Crippen molar-refractivity contribution in [1.29, 1.82) is 0 Å². The fourth-order valence-corrected chi connectivity index (χ4v) is 4.40.